The number of hydrogen-bond donors (Lipinski definition) is 0. The fourth-order valence-electron chi connectivity index (χ4n) is 1.16. The Morgan fingerprint density at radius 3 is 3.00 bits per heavy atom. The SMILES string of the molecule is CC(CC#N)N(C)c1ccncc1Cl. The lowest BCUT2D eigenvalue weighted by Crippen LogP contribution is -2.28. The van der Waals surface area contributed by atoms with Crippen molar-refractivity contribution in [2.75, 3.05) is 11.9 Å². The summed E-state index contributed by atoms with van der Waals surface area (Å²) >= 11 is 5.98. The Balaban J connectivity index is 2.84. The Morgan fingerprint density at radius 2 is 2.43 bits per heavy atom. The molecule has 1 heterocycles. The molecule has 0 amide bonds. The van der Waals surface area contributed by atoms with Gasteiger partial charge in [-0.25, -0.2) is 0 Å². The molecule has 14 heavy (non-hydrogen) atoms. The molecule has 0 bridgehead atoms. The van der Waals surface area contributed by atoms with Crippen LogP contribution < -0.4 is 4.90 Å². The largest absolute Gasteiger partial charge is 0.370 e. The van der Waals surface area contributed by atoms with Gasteiger partial charge in [-0.1, -0.05) is 11.6 Å². The molecule has 1 unspecified atom stereocenters. The molecule has 0 N–H and O–H groups in total. The van der Waals surface area contributed by atoms with Crippen LogP contribution in [0.1, 0.15) is 13.3 Å². The average molecular weight is 210 g/mol. The lowest BCUT2D eigenvalue weighted by molar-refractivity contribution is 0.702. The molecular formula is C10H12ClN3. The van der Waals surface area contributed by atoms with Gasteiger partial charge >= 0.3 is 0 Å². The molecule has 4 heteroatoms. The number of hydrogen-bond acceptors (Lipinski definition) is 3. The first-order valence-electron chi connectivity index (χ1n) is 4.36. The van der Waals surface area contributed by atoms with E-state index < -0.39 is 0 Å². The molecule has 0 saturated heterocycles. The summed E-state index contributed by atoms with van der Waals surface area (Å²) in [7, 11) is 1.92. The summed E-state index contributed by atoms with van der Waals surface area (Å²) in [5.41, 5.74) is 0.907. The van der Waals surface area contributed by atoms with Gasteiger partial charge in [0, 0.05) is 25.5 Å². The maximum atomic E-state index is 8.58. The van der Waals surface area contributed by atoms with Gasteiger partial charge in [-0.05, 0) is 13.0 Å². The quantitative estimate of drug-likeness (QED) is 0.768. The number of pyridine rings is 1. The maximum Gasteiger partial charge on any atom is 0.0822 e. The van der Waals surface area contributed by atoms with Crippen LogP contribution in [0.2, 0.25) is 5.02 Å². The molecule has 0 radical (unpaired) electrons. The fraction of sp³-hybridized carbons (Fsp3) is 0.400. The summed E-state index contributed by atoms with van der Waals surface area (Å²) in [5, 5.41) is 9.19. The monoisotopic (exact) mass is 209 g/mol. The number of nitriles is 1. The van der Waals surface area contributed by atoms with E-state index >= 15 is 0 Å². The van der Waals surface area contributed by atoms with Gasteiger partial charge in [0.05, 0.1) is 23.2 Å². The van der Waals surface area contributed by atoms with Crippen LogP contribution in [-0.2, 0) is 0 Å². The molecular weight excluding hydrogens is 198 g/mol. The van der Waals surface area contributed by atoms with Gasteiger partial charge in [-0.3, -0.25) is 4.98 Å². The van der Waals surface area contributed by atoms with Crippen LogP contribution in [0.4, 0.5) is 5.69 Å². The molecule has 0 aromatic carbocycles. The van der Waals surface area contributed by atoms with Crippen molar-refractivity contribution in [3.8, 4) is 6.07 Å². The van der Waals surface area contributed by atoms with Crippen LogP contribution in [0.25, 0.3) is 0 Å². The number of rotatable bonds is 3. The van der Waals surface area contributed by atoms with E-state index in [2.05, 4.69) is 11.1 Å². The highest BCUT2D eigenvalue weighted by Gasteiger charge is 2.11. The summed E-state index contributed by atoms with van der Waals surface area (Å²) < 4.78 is 0. The standard InChI is InChI=1S/C10H12ClN3/c1-8(3-5-12)14(2)10-4-6-13-7-9(10)11/h4,6-8H,3H2,1-2H3. The first kappa shape index (κ1) is 10.8. The summed E-state index contributed by atoms with van der Waals surface area (Å²) in [6.45, 7) is 1.99. The third-order valence-corrected chi connectivity index (χ3v) is 2.47. The second-order valence-corrected chi connectivity index (χ2v) is 3.56. The molecule has 3 nitrogen and oxygen atoms in total. The fourth-order valence-corrected chi connectivity index (χ4v) is 1.41. The number of anilines is 1. The lowest BCUT2D eigenvalue weighted by Gasteiger charge is -2.25. The number of nitrogens with zero attached hydrogens (tertiary/aromatic N) is 3. The van der Waals surface area contributed by atoms with Crippen molar-refractivity contribution in [1.82, 2.24) is 4.98 Å². The number of halogens is 1. The maximum absolute atomic E-state index is 8.58. The van der Waals surface area contributed by atoms with Crippen LogP contribution >= 0.6 is 11.6 Å². The van der Waals surface area contributed by atoms with Gasteiger partial charge in [0.1, 0.15) is 0 Å². The van der Waals surface area contributed by atoms with E-state index in [1.165, 1.54) is 0 Å². The van der Waals surface area contributed by atoms with Gasteiger partial charge < -0.3 is 4.90 Å². The summed E-state index contributed by atoms with van der Waals surface area (Å²) in [6.07, 6.45) is 3.78. The predicted octanol–water partition coefficient (Wildman–Crippen LogP) is 2.47. The van der Waals surface area contributed by atoms with Crippen molar-refractivity contribution < 1.29 is 0 Å². The van der Waals surface area contributed by atoms with E-state index in [-0.39, 0.29) is 6.04 Å². The van der Waals surface area contributed by atoms with Crippen molar-refractivity contribution >= 4 is 17.3 Å². The van der Waals surface area contributed by atoms with E-state index in [9.17, 15) is 0 Å². The minimum absolute atomic E-state index is 0.153. The Morgan fingerprint density at radius 1 is 1.71 bits per heavy atom. The van der Waals surface area contributed by atoms with Crippen molar-refractivity contribution in [2.24, 2.45) is 0 Å². The summed E-state index contributed by atoms with van der Waals surface area (Å²) in [5.74, 6) is 0. The van der Waals surface area contributed by atoms with Crippen molar-refractivity contribution in [3.63, 3.8) is 0 Å². The van der Waals surface area contributed by atoms with E-state index in [1.54, 1.807) is 12.4 Å². The van der Waals surface area contributed by atoms with Crippen molar-refractivity contribution in [2.45, 2.75) is 19.4 Å². The normalized spacial score (nSPS) is 11.9. The van der Waals surface area contributed by atoms with Crippen molar-refractivity contribution in [3.05, 3.63) is 23.5 Å². The van der Waals surface area contributed by atoms with Crippen LogP contribution in [0, 0.1) is 11.3 Å². The van der Waals surface area contributed by atoms with E-state index in [0.29, 0.717) is 11.4 Å². The zero-order valence-electron chi connectivity index (χ0n) is 8.24. The first-order valence-corrected chi connectivity index (χ1v) is 4.74. The Hall–Kier alpha value is -1.27. The highest BCUT2D eigenvalue weighted by Crippen LogP contribution is 2.24. The zero-order valence-corrected chi connectivity index (χ0v) is 8.99. The Kier molecular flexibility index (Phi) is 3.73. The summed E-state index contributed by atoms with van der Waals surface area (Å²) in [6, 6.07) is 4.13. The second-order valence-electron chi connectivity index (χ2n) is 3.15. The zero-order chi connectivity index (χ0) is 10.6. The topological polar surface area (TPSA) is 39.9 Å². The minimum atomic E-state index is 0.153. The van der Waals surface area contributed by atoms with E-state index in [1.807, 2.05) is 24.9 Å². The van der Waals surface area contributed by atoms with Gasteiger partial charge in [-0.15, -0.1) is 0 Å². The van der Waals surface area contributed by atoms with Gasteiger partial charge in [-0.2, -0.15) is 5.26 Å². The third-order valence-electron chi connectivity index (χ3n) is 2.18. The lowest BCUT2D eigenvalue weighted by atomic mass is 10.2. The molecule has 1 atom stereocenters. The van der Waals surface area contributed by atoms with Gasteiger partial charge in [0.25, 0.3) is 0 Å². The molecule has 1 rings (SSSR count). The van der Waals surface area contributed by atoms with Gasteiger partial charge in [0.15, 0.2) is 0 Å². The second kappa shape index (κ2) is 4.83. The number of aromatic nitrogens is 1. The van der Waals surface area contributed by atoms with Crippen LogP contribution in [0.3, 0.4) is 0 Å². The third kappa shape index (κ3) is 2.36. The highest BCUT2D eigenvalue weighted by atomic mass is 35.5. The van der Waals surface area contributed by atoms with Crippen LogP contribution in [0.15, 0.2) is 18.5 Å². The smallest absolute Gasteiger partial charge is 0.0822 e. The molecule has 0 aliphatic rings. The van der Waals surface area contributed by atoms with Crippen molar-refractivity contribution in [1.29, 1.82) is 5.26 Å². The molecule has 1 aromatic rings. The van der Waals surface area contributed by atoms with Crippen LogP contribution in [0.5, 0.6) is 0 Å². The molecule has 0 aliphatic carbocycles. The molecule has 0 spiro atoms. The molecule has 1 aromatic heterocycles. The molecule has 74 valence electrons. The summed E-state index contributed by atoms with van der Waals surface area (Å²) in [4.78, 5) is 5.89. The average Bonchev–Trinajstić information content (AvgIpc) is 2.18. The van der Waals surface area contributed by atoms with Crippen LogP contribution in [-0.4, -0.2) is 18.1 Å². The Bertz CT molecular complexity index is 345. The molecule has 0 saturated carbocycles. The van der Waals surface area contributed by atoms with E-state index in [4.69, 9.17) is 16.9 Å². The van der Waals surface area contributed by atoms with E-state index in [0.717, 1.165) is 5.69 Å². The Labute approximate surface area is 88.9 Å². The highest BCUT2D eigenvalue weighted by molar-refractivity contribution is 6.33. The minimum Gasteiger partial charge on any atom is -0.370 e. The molecule has 0 aliphatic heterocycles. The van der Waals surface area contributed by atoms with Gasteiger partial charge in [0.2, 0.25) is 0 Å². The molecule has 0 fully saturated rings. The first-order chi connectivity index (χ1) is 6.66. The predicted molar refractivity (Wildman–Crippen MR) is 57.3 cm³/mol.